The molecular formula is C18H46S2Y-4. The Kier molecular flexibility index (Phi) is 190. The fourth-order valence-electron chi connectivity index (χ4n) is 0.407. The third-order valence-corrected chi connectivity index (χ3v) is 2.34. The molecule has 3 heteroatoms. The third-order valence-electron chi connectivity index (χ3n) is 0.781. The molecule has 0 atom stereocenters. The van der Waals surface area contributed by atoms with Crippen LogP contribution in [0.25, 0.3) is 0 Å². The SMILES string of the molecule is C.C.C.[CH2-]CC.[CH2-]CC.[CH2-]CC.[CH2-]CSCCCSC.[Y]. The van der Waals surface area contributed by atoms with Gasteiger partial charge in [-0.05, 0) is 24.2 Å². The first-order valence-corrected chi connectivity index (χ1v) is 8.94. The van der Waals surface area contributed by atoms with Gasteiger partial charge in [-0.1, -0.05) is 43.1 Å². The van der Waals surface area contributed by atoms with Crippen molar-refractivity contribution < 1.29 is 32.7 Å². The zero-order valence-electron chi connectivity index (χ0n) is 13.2. The van der Waals surface area contributed by atoms with Crippen LogP contribution in [-0.4, -0.2) is 23.5 Å². The molecule has 0 spiro atoms. The molecule has 0 rings (SSSR count). The summed E-state index contributed by atoms with van der Waals surface area (Å²) in [5, 5.41) is 0. The monoisotopic (exact) mass is 415 g/mol. The Labute approximate surface area is 175 Å². The van der Waals surface area contributed by atoms with Gasteiger partial charge in [0.2, 0.25) is 0 Å². The van der Waals surface area contributed by atoms with Crippen molar-refractivity contribution in [3.63, 3.8) is 0 Å². The van der Waals surface area contributed by atoms with Crippen molar-refractivity contribution >= 4 is 23.5 Å². The molecule has 0 aliphatic heterocycles. The van der Waals surface area contributed by atoms with Gasteiger partial charge in [-0.15, -0.1) is 5.75 Å². The summed E-state index contributed by atoms with van der Waals surface area (Å²) in [6, 6.07) is 0. The Balaban J connectivity index is -0.0000000189. The topological polar surface area (TPSA) is 0 Å². The molecule has 0 nitrogen and oxygen atoms in total. The van der Waals surface area contributed by atoms with Crippen LogP contribution in [0, 0.1) is 27.7 Å². The summed E-state index contributed by atoms with van der Waals surface area (Å²) in [5.74, 6) is 3.60. The summed E-state index contributed by atoms with van der Waals surface area (Å²) < 4.78 is 0. The first kappa shape index (κ1) is 49.5. The molecule has 0 N–H and O–H groups in total. The molecule has 137 valence electrons. The minimum atomic E-state index is 0. The van der Waals surface area contributed by atoms with Gasteiger partial charge in [-0.2, -0.15) is 42.8 Å². The normalized spacial score (nSPS) is 6.29. The molecule has 0 aromatic carbocycles. The Morgan fingerprint density at radius 1 is 0.714 bits per heavy atom. The fraction of sp³-hybridized carbons (Fsp3) is 0.778. The molecule has 0 aromatic heterocycles. The maximum atomic E-state index is 3.74. The maximum absolute atomic E-state index is 3.74. The average molecular weight is 416 g/mol. The number of thioether (sulfide) groups is 2. The second-order valence-corrected chi connectivity index (χ2v) is 5.17. The number of hydrogen-bond donors (Lipinski definition) is 0. The summed E-state index contributed by atoms with van der Waals surface area (Å²) in [4.78, 5) is 0. The van der Waals surface area contributed by atoms with E-state index in [1.165, 1.54) is 17.9 Å². The average Bonchev–Trinajstić information content (AvgIpc) is 2.28. The number of hydrogen-bond acceptors (Lipinski definition) is 2. The fourth-order valence-corrected chi connectivity index (χ4v) is 1.58. The molecule has 0 saturated carbocycles. The zero-order valence-corrected chi connectivity index (χ0v) is 17.6. The van der Waals surface area contributed by atoms with Gasteiger partial charge in [0, 0.05) is 32.7 Å². The van der Waals surface area contributed by atoms with E-state index in [0.29, 0.717) is 0 Å². The van der Waals surface area contributed by atoms with Gasteiger partial charge >= 0.3 is 0 Å². The van der Waals surface area contributed by atoms with Crippen LogP contribution >= 0.6 is 23.5 Å². The summed E-state index contributed by atoms with van der Waals surface area (Å²) >= 11 is 3.84. The van der Waals surface area contributed by atoms with Gasteiger partial charge in [0.1, 0.15) is 0 Å². The van der Waals surface area contributed by atoms with E-state index in [9.17, 15) is 0 Å². The van der Waals surface area contributed by atoms with E-state index >= 15 is 0 Å². The second-order valence-electron chi connectivity index (χ2n) is 2.96. The van der Waals surface area contributed by atoms with Crippen molar-refractivity contribution in [2.75, 3.05) is 23.5 Å². The maximum Gasteiger partial charge on any atom is 0 e. The molecule has 0 aromatic rings. The molecule has 0 unspecified atom stereocenters. The van der Waals surface area contributed by atoms with Crippen LogP contribution in [0.15, 0.2) is 0 Å². The van der Waals surface area contributed by atoms with Crippen molar-refractivity contribution in [3.05, 3.63) is 27.7 Å². The van der Waals surface area contributed by atoms with Gasteiger partial charge in [0.25, 0.3) is 0 Å². The van der Waals surface area contributed by atoms with Crippen molar-refractivity contribution in [2.45, 2.75) is 68.7 Å². The Bertz CT molecular complexity index is 61.5. The van der Waals surface area contributed by atoms with Crippen molar-refractivity contribution in [1.82, 2.24) is 0 Å². The minimum Gasteiger partial charge on any atom is -0.344 e. The van der Waals surface area contributed by atoms with Crippen LogP contribution < -0.4 is 0 Å². The molecule has 0 fully saturated rings. The first-order chi connectivity index (χ1) is 8.16. The zero-order chi connectivity index (χ0) is 14.4. The van der Waals surface area contributed by atoms with Crippen molar-refractivity contribution in [3.8, 4) is 0 Å². The van der Waals surface area contributed by atoms with Gasteiger partial charge in [0.15, 0.2) is 0 Å². The Hall–Kier alpha value is 1.80. The molecule has 0 heterocycles. The van der Waals surface area contributed by atoms with Gasteiger partial charge in [0.05, 0.1) is 0 Å². The van der Waals surface area contributed by atoms with E-state index in [1.807, 2.05) is 44.3 Å². The van der Waals surface area contributed by atoms with Crippen LogP contribution in [-0.2, 0) is 32.7 Å². The van der Waals surface area contributed by atoms with E-state index in [0.717, 1.165) is 25.0 Å². The molecule has 0 saturated heterocycles. The molecule has 0 bridgehead atoms. The predicted molar refractivity (Wildman–Crippen MR) is 113 cm³/mol. The van der Waals surface area contributed by atoms with Crippen LogP contribution in [0.1, 0.15) is 68.7 Å². The van der Waals surface area contributed by atoms with Crippen molar-refractivity contribution in [1.29, 1.82) is 0 Å². The molecule has 0 aliphatic carbocycles. The molecule has 0 aliphatic rings. The predicted octanol–water partition coefficient (Wildman–Crippen LogP) is 7.90. The van der Waals surface area contributed by atoms with Crippen LogP contribution in [0.5, 0.6) is 0 Å². The second kappa shape index (κ2) is 80.8. The van der Waals surface area contributed by atoms with Gasteiger partial charge < -0.3 is 27.7 Å². The van der Waals surface area contributed by atoms with Gasteiger partial charge in [-0.3, -0.25) is 0 Å². The molecular weight excluding hydrogens is 369 g/mol. The Morgan fingerprint density at radius 2 is 1.00 bits per heavy atom. The van der Waals surface area contributed by atoms with Crippen LogP contribution in [0.3, 0.4) is 0 Å². The van der Waals surface area contributed by atoms with Crippen molar-refractivity contribution in [2.24, 2.45) is 0 Å². The summed E-state index contributed by atoms with van der Waals surface area (Å²) in [7, 11) is 0. The van der Waals surface area contributed by atoms with E-state index in [2.05, 4.69) is 34.0 Å². The van der Waals surface area contributed by atoms with E-state index in [4.69, 9.17) is 0 Å². The van der Waals surface area contributed by atoms with E-state index in [1.54, 1.807) is 0 Å². The molecule has 1 radical (unpaired) electrons. The first-order valence-electron chi connectivity index (χ1n) is 6.40. The van der Waals surface area contributed by atoms with Crippen LogP contribution in [0.4, 0.5) is 0 Å². The minimum absolute atomic E-state index is 0. The summed E-state index contributed by atoms with van der Waals surface area (Å²) in [6.07, 6.45) is 6.48. The number of rotatable bonds is 5. The van der Waals surface area contributed by atoms with Gasteiger partial charge in [-0.25, -0.2) is 0 Å². The largest absolute Gasteiger partial charge is 0.344 e. The van der Waals surface area contributed by atoms with E-state index < -0.39 is 0 Å². The summed E-state index contributed by atoms with van der Waals surface area (Å²) in [5.41, 5.74) is 0. The Morgan fingerprint density at radius 3 is 1.19 bits per heavy atom. The summed E-state index contributed by atoms with van der Waals surface area (Å²) in [6.45, 7) is 20.2. The van der Waals surface area contributed by atoms with Crippen LogP contribution in [0.2, 0.25) is 0 Å². The third kappa shape index (κ3) is 185. The smallest absolute Gasteiger partial charge is 0 e. The standard InChI is InChI=1S/C6H13S2.3C3H7.3CH4.Y/c1-3-8-6-4-5-7-2;3*1-3-2;;;;/h1,3-6H2,2H3;3*1,3H2,2H3;3*1H4;/q4*-1;;;;. The van der Waals surface area contributed by atoms with E-state index in [-0.39, 0.29) is 55.0 Å². The molecule has 21 heavy (non-hydrogen) atoms. The molecule has 0 amide bonds. The quantitative estimate of drug-likeness (QED) is 0.330.